The minimum absolute atomic E-state index is 0. The molecule has 0 radical (unpaired) electrons. The highest BCUT2D eigenvalue weighted by atomic mass is 14.4. The second-order valence-electron chi connectivity index (χ2n) is 3.45. The van der Waals surface area contributed by atoms with Crippen LogP contribution in [0.4, 0.5) is 0 Å². The van der Waals surface area contributed by atoms with Crippen LogP contribution in [0.2, 0.25) is 0 Å². The zero-order chi connectivity index (χ0) is 17.7. The third-order valence-electron chi connectivity index (χ3n) is 2.00. The molecule has 116 valence electrons. The number of allylic oxidation sites excluding steroid dienone is 1. The third kappa shape index (κ3) is 20.6. The molecule has 0 spiro atoms. The number of hydrogen-bond acceptors (Lipinski definition) is 7. The first-order valence-corrected chi connectivity index (χ1v) is 5.88. The summed E-state index contributed by atoms with van der Waals surface area (Å²) >= 11 is 0. The van der Waals surface area contributed by atoms with E-state index in [1.54, 1.807) is 18.2 Å². The highest BCUT2D eigenvalue weighted by Crippen LogP contribution is 2.27. The molecule has 23 heavy (non-hydrogen) atoms. The molecular weight excluding hydrogens is 290 g/mol. The molecule has 0 aliphatic rings. The van der Waals surface area contributed by atoms with Crippen molar-refractivity contribution in [3.8, 4) is 42.5 Å². The number of rotatable bonds is 4. The van der Waals surface area contributed by atoms with Gasteiger partial charge in [-0.3, -0.25) is 0 Å². The molecule has 0 aliphatic carbocycles. The number of hydrogen-bond donors (Lipinski definition) is 0. The molecule has 0 aromatic rings. The van der Waals surface area contributed by atoms with Crippen LogP contribution in [0.3, 0.4) is 0 Å². The van der Waals surface area contributed by atoms with E-state index in [1.807, 2.05) is 24.3 Å². The van der Waals surface area contributed by atoms with Gasteiger partial charge in [-0.2, -0.15) is 36.8 Å². The van der Waals surface area contributed by atoms with E-state index in [0.717, 1.165) is 0 Å². The molecule has 0 bridgehead atoms. The summed E-state index contributed by atoms with van der Waals surface area (Å²) < 4.78 is 0. The molecule has 0 atom stereocenters. The van der Waals surface area contributed by atoms with E-state index >= 15 is 0 Å². The largest absolute Gasteiger partial charge is 0.198 e. The van der Waals surface area contributed by atoms with Crippen molar-refractivity contribution < 1.29 is 0 Å². The van der Waals surface area contributed by atoms with Crippen molar-refractivity contribution in [2.24, 2.45) is 5.41 Å². The summed E-state index contributed by atoms with van der Waals surface area (Å²) in [5.74, 6) is 0. The van der Waals surface area contributed by atoms with E-state index < -0.39 is 5.41 Å². The van der Waals surface area contributed by atoms with Gasteiger partial charge < -0.3 is 0 Å². The summed E-state index contributed by atoms with van der Waals surface area (Å²) in [5.41, 5.74) is -1.15. The highest BCUT2D eigenvalue weighted by Gasteiger charge is 2.28. The minimum Gasteiger partial charge on any atom is -0.198 e. The van der Waals surface area contributed by atoms with E-state index in [4.69, 9.17) is 36.8 Å². The summed E-state index contributed by atoms with van der Waals surface area (Å²) in [5, 5.41) is 56.8. The lowest BCUT2D eigenvalue weighted by atomic mass is 9.82. The summed E-state index contributed by atoms with van der Waals surface area (Å²) in [6, 6.07) is 12.5. The smallest absolute Gasteiger partial charge is 0.145 e. The molecule has 0 fully saturated rings. The fourth-order valence-corrected chi connectivity index (χ4v) is 0.948. The van der Waals surface area contributed by atoms with Crippen molar-refractivity contribution in [1.82, 2.24) is 0 Å². The Kier molecular flexibility index (Phi) is 27.8. The van der Waals surface area contributed by atoms with Crippen molar-refractivity contribution in [2.45, 2.75) is 39.5 Å². The highest BCUT2D eigenvalue weighted by molar-refractivity contribution is 5.14. The van der Waals surface area contributed by atoms with Gasteiger partial charge in [-0.1, -0.05) is 14.0 Å². The van der Waals surface area contributed by atoms with Gasteiger partial charge in [-0.25, -0.2) is 0 Å². The van der Waals surface area contributed by atoms with E-state index in [-0.39, 0.29) is 39.5 Å². The van der Waals surface area contributed by atoms with Crippen molar-refractivity contribution in [3.05, 3.63) is 12.7 Å². The Morgan fingerprint density at radius 2 is 1.09 bits per heavy atom. The Hall–Kier alpha value is -3.83. The average molecular weight is 307 g/mol. The Balaban J connectivity index is -0.000000150. The molecule has 0 N–H and O–H groups in total. The zero-order valence-electron chi connectivity index (χ0n) is 12.0. The second-order valence-corrected chi connectivity index (χ2v) is 3.45. The maximum Gasteiger partial charge on any atom is 0.145 e. The van der Waals surface area contributed by atoms with Gasteiger partial charge >= 0.3 is 0 Å². The van der Waals surface area contributed by atoms with E-state index in [2.05, 4.69) is 6.58 Å². The molecule has 0 saturated heterocycles. The standard InChI is InChI=1S/C9H8N4.C3H2N2.C3H3N.CH4/c10-5-1-3-9(7-12,8-13)4-2-6-11;4-2-1-3-5;1-2-3-4;/h1-4H2;1H2;2H,1H2;1H4. The van der Waals surface area contributed by atoms with Gasteiger partial charge in [-0.05, 0) is 12.8 Å². The first-order chi connectivity index (χ1) is 10.6. The van der Waals surface area contributed by atoms with Crippen LogP contribution in [0.25, 0.3) is 0 Å². The number of nitrogens with zero attached hydrogens (tertiary/aromatic N) is 7. The monoisotopic (exact) mass is 307 g/mol. The predicted molar refractivity (Wildman–Crippen MR) is 81.7 cm³/mol. The van der Waals surface area contributed by atoms with Crippen LogP contribution in [0.1, 0.15) is 39.5 Å². The molecule has 0 unspecified atom stereocenters. The van der Waals surface area contributed by atoms with E-state index in [9.17, 15) is 0 Å². The summed E-state index contributed by atoms with van der Waals surface area (Å²) in [6.45, 7) is 3.12. The van der Waals surface area contributed by atoms with Gasteiger partial charge in [0, 0.05) is 18.9 Å². The zero-order valence-corrected chi connectivity index (χ0v) is 12.0. The van der Waals surface area contributed by atoms with Gasteiger partial charge in [-0.15, -0.1) is 0 Å². The lowest BCUT2D eigenvalue weighted by Gasteiger charge is -2.13. The molecule has 0 aliphatic heterocycles. The van der Waals surface area contributed by atoms with Crippen molar-refractivity contribution >= 4 is 0 Å². The van der Waals surface area contributed by atoms with Gasteiger partial charge in [0.1, 0.15) is 11.8 Å². The quantitative estimate of drug-likeness (QED) is 0.717. The number of nitriles is 7. The van der Waals surface area contributed by atoms with Crippen LogP contribution in [0.5, 0.6) is 0 Å². The van der Waals surface area contributed by atoms with Crippen LogP contribution in [-0.2, 0) is 0 Å². The van der Waals surface area contributed by atoms with Crippen LogP contribution in [0.15, 0.2) is 12.7 Å². The minimum atomic E-state index is -1.15. The van der Waals surface area contributed by atoms with Crippen molar-refractivity contribution in [2.75, 3.05) is 0 Å². The molecule has 0 aromatic carbocycles. The summed E-state index contributed by atoms with van der Waals surface area (Å²) in [4.78, 5) is 0. The molecule has 0 aromatic heterocycles. The van der Waals surface area contributed by atoms with Crippen LogP contribution >= 0.6 is 0 Å². The van der Waals surface area contributed by atoms with Crippen LogP contribution in [0, 0.1) is 84.7 Å². The Morgan fingerprint density at radius 3 is 1.22 bits per heavy atom. The molecule has 0 rings (SSSR count). The molecular formula is C16H17N7. The lowest BCUT2D eigenvalue weighted by molar-refractivity contribution is 0.451. The van der Waals surface area contributed by atoms with Gasteiger partial charge in [0.25, 0.3) is 0 Å². The molecule has 0 heterocycles. The third-order valence-corrected chi connectivity index (χ3v) is 2.00. The fraction of sp³-hybridized carbons (Fsp3) is 0.438. The fourth-order valence-electron chi connectivity index (χ4n) is 0.948. The SMILES string of the molecule is C.C=CC#N.N#CCC#N.N#CCCC(C#N)(C#N)CCC#N. The predicted octanol–water partition coefficient (Wildman–Crippen LogP) is 3.38. The van der Waals surface area contributed by atoms with Gasteiger partial charge in [0.05, 0.1) is 42.5 Å². The van der Waals surface area contributed by atoms with Gasteiger partial charge in [0.2, 0.25) is 0 Å². The summed E-state index contributed by atoms with van der Waals surface area (Å²) in [6.07, 6.45) is 1.97. The molecule has 7 heteroatoms. The maximum absolute atomic E-state index is 8.74. The van der Waals surface area contributed by atoms with Crippen LogP contribution < -0.4 is 0 Å². The first-order valence-electron chi connectivity index (χ1n) is 5.88. The Labute approximate surface area is 137 Å². The lowest BCUT2D eigenvalue weighted by Crippen LogP contribution is -2.15. The molecule has 7 nitrogen and oxygen atoms in total. The van der Waals surface area contributed by atoms with E-state index in [1.165, 1.54) is 6.08 Å². The topological polar surface area (TPSA) is 167 Å². The molecule has 0 amide bonds. The van der Waals surface area contributed by atoms with Crippen molar-refractivity contribution in [1.29, 1.82) is 36.8 Å². The average Bonchev–Trinajstić information content (AvgIpc) is 2.57. The Bertz CT molecular complexity index is 554. The van der Waals surface area contributed by atoms with Crippen LogP contribution in [-0.4, -0.2) is 0 Å². The maximum atomic E-state index is 8.74. The first kappa shape index (κ1) is 27.5. The molecule has 0 saturated carbocycles. The van der Waals surface area contributed by atoms with Gasteiger partial charge in [0.15, 0.2) is 0 Å². The Morgan fingerprint density at radius 1 is 0.739 bits per heavy atom. The van der Waals surface area contributed by atoms with E-state index in [0.29, 0.717) is 0 Å². The second kappa shape index (κ2) is 23.3. The normalized spacial score (nSPS) is 6.65. The summed E-state index contributed by atoms with van der Waals surface area (Å²) in [7, 11) is 0. The van der Waals surface area contributed by atoms with Crippen molar-refractivity contribution in [3.63, 3.8) is 0 Å².